The number of benzene rings is 1. The molecular weight excluding hydrogens is 555 g/mol. The Morgan fingerprint density at radius 2 is 1.95 bits per heavy atom. The van der Waals surface area contributed by atoms with Gasteiger partial charge in [-0.2, -0.15) is 28.8 Å². The summed E-state index contributed by atoms with van der Waals surface area (Å²) in [5.74, 6) is -0.235. The minimum absolute atomic E-state index is 0.00728. The molecule has 1 aromatic carbocycles. The normalized spacial score (nSPS) is 21.7. The molecule has 0 bridgehead atoms. The van der Waals surface area contributed by atoms with Gasteiger partial charge in [0.05, 0.1) is 35.3 Å². The Labute approximate surface area is 231 Å². The molecule has 1 amide bonds. The fourth-order valence-corrected chi connectivity index (χ4v) is 6.73. The third-order valence-electron chi connectivity index (χ3n) is 6.75. The summed E-state index contributed by atoms with van der Waals surface area (Å²) in [6, 6.07) is 2.84. The second-order valence-electron chi connectivity index (χ2n) is 10.9. The third-order valence-corrected chi connectivity index (χ3v) is 9.87. The van der Waals surface area contributed by atoms with Gasteiger partial charge in [0, 0.05) is 37.3 Å². The van der Waals surface area contributed by atoms with Gasteiger partial charge >= 0.3 is 6.18 Å². The number of halogens is 3. The zero-order valence-corrected chi connectivity index (χ0v) is 24.0. The fraction of sp³-hybridized carbons (Fsp3) is 0.615. The van der Waals surface area contributed by atoms with E-state index in [0.29, 0.717) is 37.6 Å². The number of hydrogen-bond acceptors (Lipinski definition) is 7. The van der Waals surface area contributed by atoms with Crippen LogP contribution in [0.1, 0.15) is 54.4 Å². The highest BCUT2D eigenvalue weighted by atomic mass is 32.3. The van der Waals surface area contributed by atoms with Gasteiger partial charge in [-0.15, -0.1) is 11.3 Å². The van der Waals surface area contributed by atoms with Crippen LogP contribution in [-0.2, 0) is 22.9 Å². The van der Waals surface area contributed by atoms with Gasteiger partial charge in [-0.05, 0) is 36.5 Å². The summed E-state index contributed by atoms with van der Waals surface area (Å²) in [6.07, 6.45) is -0.852. The largest absolute Gasteiger partial charge is 0.491 e. The van der Waals surface area contributed by atoms with E-state index < -0.39 is 28.2 Å². The number of ether oxygens (including phenoxy) is 2. The molecule has 4 rings (SSSR count). The molecule has 0 aliphatic carbocycles. The Kier molecular flexibility index (Phi) is 9.18. The molecule has 1 aromatic heterocycles. The predicted molar refractivity (Wildman–Crippen MR) is 146 cm³/mol. The minimum atomic E-state index is -4.63. The molecule has 2 N–H and O–H groups in total. The number of thiazole rings is 1. The molecular formula is C26H36F3N3O5S2. The lowest BCUT2D eigenvalue weighted by atomic mass is 9.95. The van der Waals surface area contributed by atoms with E-state index in [4.69, 9.17) is 9.47 Å². The molecule has 2 aliphatic rings. The molecule has 2 aromatic rings. The molecule has 0 saturated carbocycles. The van der Waals surface area contributed by atoms with E-state index in [2.05, 4.69) is 4.99 Å². The molecule has 1 atom stereocenters. The number of amides is 1. The van der Waals surface area contributed by atoms with Crippen molar-refractivity contribution in [1.29, 1.82) is 0 Å². The highest BCUT2D eigenvalue weighted by molar-refractivity contribution is 8.24. The van der Waals surface area contributed by atoms with E-state index >= 15 is 0 Å². The second-order valence-corrected chi connectivity index (χ2v) is 14.4. The second kappa shape index (κ2) is 11.9. The summed E-state index contributed by atoms with van der Waals surface area (Å²) in [5, 5.41) is 0. The van der Waals surface area contributed by atoms with Crippen molar-refractivity contribution in [3.63, 3.8) is 0 Å². The lowest BCUT2D eigenvalue weighted by Crippen LogP contribution is -2.40. The van der Waals surface area contributed by atoms with Crippen molar-refractivity contribution in [2.24, 2.45) is 4.99 Å². The van der Waals surface area contributed by atoms with Crippen LogP contribution >= 0.6 is 21.9 Å². The Balaban J connectivity index is 1.60. The molecule has 2 saturated heterocycles. The van der Waals surface area contributed by atoms with Gasteiger partial charge in [-0.3, -0.25) is 18.8 Å². The number of carbonyl (C=O) groups excluding carboxylic acids is 1. The summed E-state index contributed by atoms with van der Waals surface area (Å²) >= 11 is 1.34. The van der Waals surface area contributed by atoms with Crippen LogP contribution in [0.25, 0.3) is 0 Å². The van der Waals surface area contributed by atoms with E-state index in [1.165, 1.54) is 11.3 Å². The first-order valence-electron chi connectivity index (χ1n) is 12.9. The van der Waals surface area contributed by atoms with Crippen LogP contribution in [0.3, 0.4) is 0 Å². The number of rotatable bonds is 7. The van der Waals surface area contributed by atoms with Crippen LogP contribution in [0.5, 0.6) is 5.75 Å². The topological polar surface area (TPSA) is 96.5 Å². The van der Waals surface area contributed by atoms with Crippen LogP contribution in [0.2, 0.25) is 0 Å². The van der Waals surface area contributed by atoms with Crippen LogP contribution in [0.4, 0.5) is 13.2 Å². The Bertz CT molecular complexity index is 1220. The van der Waals surface area contributed by atoms with Gasteiger partial charge in [0.25, 0.3) is 5.91 Å². The Morgan fingerprint density at radius 1 is 1.23 bits per heavy atom. The van der Waals surface area contributed by atoms with Crippen molar-refractivity contribution in [3.8, 4) is 5.75 Å². The molecule has 13 heteroatoms. The lowest BCUT2D eigenvalue weighted by molar-refractivity contribution is -0.137. The summed E-state index contributed by atoms with van der Waals surface area (Å²) in [4.78, 5) is 21.0. The number of alkyl halides is 3. The fourth-order valence-electron chi connectivity index (χ4n) is 4.37. The number of nitrogens with zero attached hydrogens (tertiary/aromatic N) is 3. The van der Waals surface area contributed by atoms with Crippen LogP contribution in [0, 0.1) is 0 Å². The van der Waals surface area contributed by atoms with E-state index in [1.807, 2.05) is 36.4 Å². The van der Waals surface area contributed by atoms with Gasteiger partial charge < -0.3 is 14.0 Å². The quantitative estimate of drug-likeness (QED) is 0.458. The predicted octanol–water partition coefficient (Wildman–Crippen LogP) is 5.23. The monoisotopic (exact) mass is 591 g/mol. The van der Waals surface area contributed by atoms with Crippen molar-refractivity contribution in [2.75, 3.05) is 44.4 Å². The van der Waals surface area contributed by atoms with E-state index in [1.54, 1.807) is 0 Å². The standard InChI is InChI=1S/C26H36F3N3O5S2/c1-25(2,3)22-17-32(16-19-5-4-11-36-19)24(38-22)30-23(33)20-15-18(26(27,28)29)6-7-21(20)37-12-8-31-9-13-39(34,35)14-10-31/h6-7,15,17,19,34-35H,4-5,8-14,16H2,1-3H3/b30-24-/t19-/m1/s1. The number of hydrogen-bond donors (Lipinski definition) is 2. The van der Waals surface area contributed by atoms with Crippen molar-refractivity contribution in [1.82, 2.24) is 9.47 Å². The van der Waals surface area contributed by atoms with Crippen molar-refractivity contribution < 1.29 is 36.5 Å². The maximum Gasteiger partial charge on any atom is 0.416 e. The zero-order chi connectivity index (χ0) is 28.4. The van der Waals surface area contributed by atoms with Gasteiger partial charge in [0.1, 0.15) is 12.4 Å². The molecule has 0 radical (unpaired) electrons. The summed E-state index contributed by atoms with van der Waals surface area (Å²) < 4.78 is 73.6. The zero-order valence-electron chi connectivity index (χ0n) is 22.4. The minimum Gasteiger partial charge on any atom is -0.491 e. The number of carbonyl (C=O) groups is 1. The van der Waals surface area contributed by atoms with E-state index in [0.717, 1.165) is 35.9 Å². The maximum absolute atomic E-state index is 13.5. The van der Waals surface area contributed by atoms with E-state index in [-0.39, 0.29) is 40.9 Å². The number of aromatic nitrogens is 1. The first kappa shape index (κ1) is 30.1. The van der Waals surface area contributed by atoms with Gasteiger partial charge in [-0.1, -0.05) is 20.8 Å². The van der Waals surface area contributed by atoms with Crippen molar-refractivity contribution in [3.05, 3.63) is 45.2 Å². The maximum atomic E-state index is 13.5. The van der Waals surface area contributed by atoms with Crippen molar-refractivity contribution in [2.45, 2.75) is 57.9 Å². The molecule has 0 spiro atoms. The highest BCUT2D eigenvalue weighted by Crippen LogP contribution is 2.40. The molecule has 3 heterocycles. The van der Waals surface area contributed by atoms with Gasteiger partial charge in [-0.25, -0.2) is 0 Å². The smallest absolute Gasteiger partial charge is 0.416 e. The highest BCUT2D eigenvalue weighted by Gasteiger charge is 2.32. The van der Waals surface area contributed by atoms with E-state index in [9.17, 15) is 27.1 Å². The van der Waals surface area contributed by atoms with Gasteiger partial charge in [0.15, 0.2) is 4.80 Å². The molecule has 8 nitrogen and oxygen atoms in total. The first-order chi connectivity index (χ1) is 18.2. The van der Waals surface area contributed by atoms with Crippen LogP contribution < -0.4 is 9.54 Å². The Hall–Kier alpha value is -1.90. The van der Waals surface area contributed by atoms with Crippen molar-refractivity contribution >= 4 is 27.8 Å². The average Bonchev–Trinajstić information content (AvgIpc) is 3.50. The summed E-state index contributed by atoms with van der Waals surface area (Å²) in [6.45, 7) is 8.85. The average molecular weight is 592 g/mol. The van der Waals surface area contributed by atoms with Gasteiger partial charge in [0.2, 0.25) is 0 Å². The summed E-state index contributed by atoms with van der Waals surface area (Å²) in [5.41, 5.74) is -1.42. The summed E-state index contributed by atoms with van der Waals surface area (Å²) in [7, 11) is -2.53. The molecule has 39 heavy (non-hydrogen) atoms. The third kappa shape index (κ3) is 8.08. The molecule has 2 fully saturated rings. The lowest BCUT2D eigenvalue weighted by Gasteiger charge is -2.40. The molecule has 0 unspecified atom stereocenters. The first-order valence-corrected chi connectivity index (χ1v) is 15.6. The molecule has 218 valence electrons. The van der Waals surface area contributed by atoms with Crippen LogP contribution in [-0.4, -0.2) is 74.9 Å². The molecule has 2 aliphatic heterocycles. The SMILES string of the molecule is CC(C)(C)c1cn(C[C@H]2CCCO2)/c(=N/C(=O)c2cc(C(F)(F)F)ccc2OCCN2CCS(O)(O)CC2)s1. The Morgan fingerprint density at radius 3 is 2.56 bits per heavy atom. The van der Waals surface area contributed by atoms with Crippen LogP contribution in [0.15, 0.2) is 29.4 Å².